The van der Waals surface area contributed by atoms with Crippen LogP contribution in [0.25, 0.3) is 0 Å². The topological polar surface area (TPSA) is 41.6 Å². The van der Waals surface area contributed by atoms with E-state index in [1.165, 1.54) is 12.8 Å². The molecule has 1 N–H and O–H groups in total. The predicted molar refractivity (Wildman–Crippen MR) is 85.0 cm³/mol. The quantitative estimate of drug-likeness (QED) is 0.817. The summed E-state index contributed by atoms with van der Waals surface area (Å²) in [6, 6.07) is 6.29. The highest BCUT2D eigenvalue weighted by Gasteiger charge is 2.19. The van der Waals surface area contributed by atoms with Crippen molar-refractivity contribution in [1.29, 1.82) is 0 Å². The molecule has 1 fully saturated rings. The maximum absolute atomic E-state index is 11.6. The number of likely N-dealkylation sites (N-methyl/N-ethyl adjacent to an activating group) is 1. The molecule has 0 aromatic heterocycles. The van der Waals surface area contributed by atoms with Gasteiger partial charge in [-0.1, -0.05) is 0 Å². The van der Waals surface area contributed by atoms with Gasteiger partial charge in [0, 0.05) is 30.3 Å². The highest BCUT2D eigenvalue weighted by Crippen LogP contribution is 2.23. The first-order chi connectivity index (χ1) is 10.1. The van der Waals surface area contributed by atoms with E-state index >= 15 is 0 Å². The Balaban J connectivity index is 2.15. The van der Waals surface area contributed by atoms with E-state index in [-0.39, 0.29) is 5.78 Å². The lowest BCUT2D eigenvalue weighted by molar-refractivity contribution is 0.101. The molecule has 1 unspecified atom stereocenters. The molecule has 2 rings (SSSR count). The van der Waals surface area contributed by atoms with Gasteiger partial charge in [0.25, 0.3) is 0 Å². The number of piperidine rings is 1. The molecule has 1 saturated heterocycles. The summed E-state index contributed by atoms with van der Waals surface area (Å²) in [7, 11) is 2.15. The molecule has 0 bridgehead atoms. The average molecular weight is 290 g/mol. The third-order valence-corrected chi connectivity index (χ3v) is 4.08. The van der Waals surface area contributed by atoms with E-state index in [0.717, 1.165) is 36.5 Å². The molecule has 4 heteroatoms. The van der Waals surface area contributed by atoms with Gasteiger partial charge in [-0.3, -0.25) is 9.69 Å². The molecule has 1 atom stereocenters. The lowest BCUT2D eigenvalue weighted by atomic mass is 10.0. The first-order valence-electron chi connectivity index (χ1n) is 7.79. The Bertz CT molecular complexity index is 482. The monoisotopic (exact) mass is 290 g/mol. The minimum absolute atomic E-state index is 0.0984. The van der Waals surface area contributed by atoms with Crippen LogP contribution in [0, 0.1) is 0 Å². The van der Waals surface area contributed by atoms with Gasteiger partial charge < -0.3 is 10.1 Å². The van der Waals surface area contributed by atoms with Crippen LogP contribution in [0.5, 0.6) is 5.75 Å². The maximum Gasteiger partial charge on any atom is 0.159 e. The van der Waals surface area contributed by atoms with E-state index in [1.54, 1.807) is 6.92 Å². The van der Waals surface area contributed by atoms with Crippen LogP contribution in [0.4, 0.5) is 0 Å². The Morgan fingerprint density at radius 3 is 2.90 bits per heavy atom. The SMILES string of the molecule is CCOc1ccc(C(C)=O)cc1CN(C)C1CCCNC1. The number of benzene rings is 1. The number of rotatable bonds is 6. The first kappa shape index (κ1) is 16.0. The van der Waals surface area contributed by atoms with E-state index in [9.17, 15) is 4.79 Å². The molecule has 0 aliphatic carbocycles. The van der Waals surface area contributed by atoms with Crippen LogP contribution in [0.2, 0.25) is 0 Å². The van der Waals surface area contributed by atoms with Crippen molar-refractivity contribution in [2.24, 2.45) is 0 Å². The fourth-order valence-corrected chi connectivity index (χ4v) is 2.83. The smallest absolute Gasteiger partial charge is 0.159 e. The highest BCUT2D eigenvalue weighted by atomic mass is 16.5. The summed E-state index contributed by atoms with van der Waals surface area (Å²) in [5.74, 6) is 0.986. The second-order valence-corrected chi connectivity index (χ2v) is 5.73. The Kier molecular flexibility index (Phi) is 5.76. The molecule has 1 heterocycles. The predicted octanol–water partition coefficient (Wildman–Crippen LogP) is 2.47. The fraction of sp³-hybridized carbons (Fsp3) is 0.588. The van der Waals surface area contributed by atoms with E-state index < -0.39 is 0 Å². The van der Waals surface area contributed by atoms with Gasteiger partial charge >= 0.3 is 0 Å². The normalized spacial score (nSPS) is 18.8. The molecule has 0 amide bonds. The van der Waals surface area contributed by atoms with E-state index in [0.29, 0.717) is 12.6 Å². The Hall–Kier alpha value is -1.39. The molecule has 21 heavy (non-hydrogen) atoms. The van der Waals surface area contributed by atoms with Crippen molar-refractivity contribution in [2.45, 2.75) is 39.3 Å². The molecular weight excluding hydrogens is 264 g/mol. The van der Waals surface area contributed by atoms with Crippen LogP contribution in [-0.4, -0.2) is 43.5 Å². The third kappa shape index (κ3) is 4.29. The van der Waals surface area contributed by atoms with E-state index in [1.807, 2.05) is 25.1 Å². The summed E-state index contributed by atoms with van der Waals surface area (Å²) in [6.45, 7) is 7.19. The lowest BCUT2D eigenvalue weighted by Crippen LogP contribution is -2.43. The minimum Gasteiger partial charge on any atom is -0.494 e. The zero-order valence-electron chi connectivity index (χ0n) is 13.3. The largest absolute Gasteiger partial charge is 0.494 e. The average Bonchev–Trinajstić information content (AvgIpc) is 2.50. The molecule has 4 nitrogen and oxygen atoms in total. The fourth-order valence-electron chi connectivity index (χ4n) is 2.83. The number of Topliss-reactive ketones (excluding diaryl/α,β-unsaturated/α-hetero) is 1. The summed E-state index contributed by atoms with van der Waals surface area (Å²) in [4.78, 5) is 13.9. The van der Waals surface area contributed by atoms with Crippen LogP contribution in [0.3, 0.4) is 0 Å². The van der Waals surface area contributed by atoms with Crippen LogP contribution >= 0.6 is 0 Å². The van der Waals surface area contributed by atoms with Crippen molar-refractivity contribution in [3.05, 3.63) is 29.3 Å². The number of carbonyl (C=O) groups is 1. The molecule has 1 aliphatic heterocycles. The first-order valence-corrected chi connectivity index (χ1v) is 7.79. The number of nitrogens with one attached hydrogen (secondary N) is 1. The van der Waals surface area contributed by atoms with Gasteiger partial charge in [-0.05, 0) is 58.5 Å². The zero-order valence-corrected chi connectivity index (χ0v) is 13.3. The summed E-state index contributed by atoms with van der Waals surface area (Å²) in [6.07, 6.45) is 2.45. The number of nitrogens with zero attached hydrogens (tertiary/aromatic N) is 1. The third-order valence-electron chi connectivity index (χ3n) is 4.08. The molecule has 0 radical (unpaired) electrons. The van der Waals surface area contributed by atoms with Gasteiger partial charge in [-0.15, -0.1) is 0 Å². The number of ether oxygens (including phenoxy) is 1. The Morgan fingerprint density at radius 1 is 1.48 bits per heavy atom. The van der Waals surface area contributed by atoms with Crippen molar-refractivity contribution in [2.75, 3.05) is 26.7 Å². The summed E-state index contributed by atoms with van der Waals surface area (Å²) >= 11 is 0. The lowest BCUT2D eigenvalue weighted by Gasteiger charge is -2.32. The summed E-state index contributed by atoms with van der Waals surface area (Å²) in [5, 5.41) is 3.44. The highest BCUT2D eigenvalue weighted by molar-refractivity contribution is 5.94. The molecule has 0 saturated carbocycles. The van der Waals surface area contributed by atoms with Gasteiger partial charge in [-0.2, -0.15) is 0 Å². The van der Waals surface area contributed by atoms with E-state index in [4.69, 9.17) is 4.74 Å². The van der Waals surface area contributed by atoms with Crippen molar-refractivity contribution >= 4 is 5.78 Å². The van der Waals surface area contributed by atoms with Crippen molar-refractivity contribution in [1.82, 2.24) is 10.2 Å². The second-order valence-electron chi connectivity index (χ2n) is 5.73. The van der Waals surface area contributed by atoms with Crippen LogP contribution in [0.15, 0.2) is 18.2 Å². The zero-order chi connectivity index (χ0) is 15.2. The number of ketones is 1. The second kappa shape index (κ2) is 7.57. The van der Waals surface area contributed by atoms with Crippen molar-refractivity contribution < 1.29 is 9.53 Å². The van der Waals surface area contributed by atoms with Gasteiger partial charge in [0.05, 0.1) is 6.61 Å². The molecular formula is C17H26N2O2. The summed E-state index contributed by atoms with van der Waals surface area (Å²) < 4.78 is 5.71. The van der Waals surface area contributed by atoms with Gasteiger partial charge in [-0.25, -0.2) is 0 Å². The van der Waals surface area contributed by atoms with Crippen molar-refractivity contribution in [3.8, 4) is 5.75 Å². The number of hydrogen-bond donors (Lipinski definition) is 1. The molecule has 1 aromatic carbocycles. The standard InChI is InChI=1S/C17H26N2O2/c1-4-21-17-8-7-14(13(2)20)10-15(17)12-19(3)16-6-5-9-18-11-16/h7-8,10,16,18H,4-6,9,11-12H2,1-3H3. The molecule has 116 valence electrons. The van der Waals surface area contributed by atoms with Crippen LogP contribution in [0.1, 0.15) is 42.6 Å². The number of carbonyl (C=O) groups excluding carboxylic acids is 1. The van der Waals surface area contributed by atoms with E-state index in [2.05, 4.69) is 17.3 Å². The minimum atomic E-state index is 0.0984. The van der Waals surface area contributed by atoms with Crippen molar-refractivity contribution in [3.63, 3.8) is 0 Å². The maximum atomic E-state index is 11.6. The van der Waals surface area contributed by atoms with Gasteiger partial charge in [0.2, 0.25) is 0 Å². The van der Waals surface area contributed by atoms with Gasteiger partial charge in [0.15, 0.2) is 5.78 Å². The summed E-state index contributed by atoms with van der Waals surface area (Å²) in [5.41, 5.74) is 1.85. The molecule has 0 spiro atoms. The number of hydrogen-bond acceptors (Lipinski definition) is 4. The van der Waals surface area contributed by atoms with Crippen LogP contribution < -0.4 is 10.1 Å². The Morgan fingerprint density at radius 2 is 2.29 bits per heavy atom. The molecule has 1 aromatic rings. The Labute approximate surface area is 127 Å². The van der Waals surface area contributed by atoms with Crippen LogP contribution in [-0.2, 0) is 6.54 Å². The molecule has 1 aliphatic rings. The van der Waals surface area contributed by atoms with Gasteiger partial charge in [0.1, 0.15) is 5.75 Å².